The highest BCUT2D eigenvalue weighted by Crippen LogP contribution is 2.22. The van der Waals surface area contributed by atoms with Gasteiger partial charge in [-0.3, -0.25) is 0 Å². The van der Waals surface area contributed by atoms with E-state index in [1.807, 2.05) is 18.2 Å². The number of nitrogens with zero attached hydrogens (tertiary/aromatic N) is 2. The fourth-order valence-electron chi connectivity index (χ4n) is 2.36. The molecular formula is C17H19N3O. The molecule has 0 aliphatic carbocycles. The molecule has 0 bridgehead atoms. The number of aromatic nitrogens is 1. The highest BCUT2D eigenvalue weighted by Gasteiger charge is 2.11. The number of anilines is 2. The number of nitrogen functional groups attached to an aromatic ring is 1. The average molecular weight is 281 g/mol. The Morgan fingerprint density at radius 3 is 2.62 bits per heavy atom. The average Bonchev–Trinajstić information content (AvgIpc) is 2.87. The van der Waals surface area contributed by atoms with Gasteiger partial charge >= 0.3 is 0 Å². The van der Waals surface area contributed by atoms with Gasteiger partial charge in [0.15, 0.2) is 5.58 Å². The quantitative estimate of drug-likeness (QED) is 0.740. The van der Waals surface area contributed by atoms with Crippen LogP contribution in [0.1, 0.15) is 18.4 Å². The van der Waals surface area contributed by atoms with Crippen LogP contribution < -0.4 is 10.6 Å². The normalized spacial score (nSPS) is 11.0. The number of aryl methyl sites for hydroxylation is 1. The van der Waals surface area contributed by atoms with Crippen molar-refractivity contribution in [3.05, 3.63) is 53.9 Å². The van der Waals surface area contributed by atoms with Crippen molar-refractivity contribution in [2.45, 2.75) is 20.4 Å². The van der Waals surface area contributed by atoms with E-state index in [1.54, 1.807) is 0 Å². The minimum atomic E-state index is 0.647. The topological polar surface area (TPSA) is 55.3 Å². The van der Waals surface area contributed by atoms with Gasteiger partial charge in [0.1, 0.15) is 5.52 Å². The molecule has 0 fully saturated rings. The van der Waals surface area contributed by atoms with Gasteiger partial charge in [0.05, 0.1) is 6.54 Å². The van der Waals surface area contributed by atoms with Crippen molar-refractivity contribution in [1.29, 1.82) is 0 Å². The lowest BCUT2D eigenvalue weighted by Crippen LogP contribution is -2.22. The molecule has 2 aromatic carbocycles. The summed E-state index contributed by atoms with van der Waals surface area (Å²) in [6.45, 7) is 5.75. The molecule has 4 heteroatoms. The van der Waals surface area contributed by atoms with Gasteiger partial charge in [-0.1, -0.05) is 17.7 Å². The smallest absolute Gasteiger partial charge is 0.215 e. The van der Waals surface area contributed by atoms with Gasteiger partial charge in [0, 0.05) is 17.9 Å². The SMILES string of the molecule is CCN(Cc1nc2cc(N)ccc2o1)c1ccc(C)cc1. The molecule has 21 heavy (non-hydrogen) atoms. The van der Waals surface area contributed by atoms with Crippen molar-refractivity contribution in [2.24, 2.45) is 0 Å². The van der Waals surface area contributed by atoms with Gasteiger partial charge in [0.2, 0.25) is 5.89 Å². The fraction of sp³-hybridized carbons (Fsp3) is 0.235. The number of hydrogen-bond donors (Lipinski definition) is 1. The second-order valence-electron chi connectivity index (χ2n) is 5.18. The van der Waals surface area contributed by atoms with E-state index in [0.717, 1.165) is 17.6 Å². The third-order valence-corrected chi connectivity index (χ3v) is 3.56. The Morgan fingerprint density at radius 2 is 1.90 bits per heavy atom. The van der Waals surface area contributed by atoms with Gasteiger partial charge in [-0.25, -0.2) is 4.98 Å². The van der Waals surface area contributed by atoms with Gasteiger partial charge in [0.25, 0.3) is 0 Å². The minimum absolute atomic E-state index is 0.647. The lowest BCUT2D eigenvalue weighted by molar-refractivity contribution is 0.522. The summed E-state index contributed by atoms with van der Waals surface area (Å²) in [7, 11) is 0. The van der Waals surface area contributed by atoms with Gasteiger partial charge < -0.3 is 15.1 Å². The van der Waals surface area contributed by atoms with Crippen LogP contribution in [-0.2, 0) is 6.54 Å². The number of hydrogen-bond acceptors (Lipinski definition) is 4. The molecule has 108 valence electrons. The van der Waals surface area contributed by atoms with Crippen LogP contribution in [0.2, 0.25) is 0 Å². The predicted octanol–water partition coefficient (Wildman–Crippen LogP) is 3.74. The van der Waals surface area contributed by atoms with Gasteiger partial charge in [-0.15, -0.1) is 0 Å². The number of oxazole rings is 1. The number of nitrogens with two attached hydrogens (primary N) is 1. The molecule has 0 aliphatic heterocycles. The maximum absolute atomic E-state index is 5.79. The molecular weight excluding hydrogens is 262 g/mol. The zero-order valence-corrected chi connectivity index (χ0v) is 12.3. The van der Waals surface area contributed by atoms with Gasteiger partial charge in [-0.05, 0) is 44.2 Å². The van der Waals surface area contributed by atoms with Crippen LogP contribution in [0.25, 0.3) is 11.1 Å². The number of benzene rings is 2. The second kappa shape index (κ2) is 5.48. The van der Waals surface area contributed by atoms with Crippen LogP contribution in [0.4, 0.5) is 11.4 Å². The first-order chi connectivity index (χ1) is 10.2. The summed E-state index contributed by atoms with van der Waals surface area (Å²) >= 11 is 0. The lowest BCUT2D eigenvalue weighted by atomic mass is 10.2. The fourth-order valence-corrected chi connectivity index (χ4v) is 2.36. The molecule has 0 radical (unpaired) electrons. The van der Waals surface area contributed by atoms with E-state index in [4.69, 9.17) is 10.2 Å². The first-order valence-corrected chi connectivity index (χ1v) is 7.12. The van der Waals surface area contributed by atoms with Crippen LogP contribution in [0.3, 0.4) is 0 Å². The summed E-state index contributed by atoms with van der Waals surface area (Å²) in [4.78, 5) is 6.75. The molecule has 0 aliphatic rings. The Kier molecular flexibility index (Phi) is 3.52. The predicted molar refractivity (Wildman–Crippen MR) is 86.3 cm³/mol. The molecule has 3 aromatic rings. The highest BCUT2D eigenvalue weighted by atomic mass is 16.3. The van der Waals surface area contributed by atoms with E-state index in [-0.39, 0.29) is 0 Å². The van der Waals surface area contributed by atoms with E-state index in [1.165, 1.54) is 11.3 Å². The van der Waals surface area contributed by atoms with E-state index in [0.29, 0.717) is 18.1 Å². The Morgan fingerprint density at radius 1 is 1.14 bits per heavy atom. The molecule has 0 unspecified atom stereocenters. The number of rotatable bonds is 4. The Bertz CT molecular complexity index is 746. The van der Waals surface area contributed by atoms with Crippen LogP contribution in [0.5, 0.6) is 0 Å². The van der Waals surface area contributed by atoms with Crippen LogP contribution >= 0.6 is 0 Å². The third kappa shape index (κ3) is 2.84. The summed E-state index contributed by atoms with van der Waals surface area (Å²) < 4.78 is 5.79. The molecule has 0 saturated carbocycles. The van der Waals surface area contributed by atoms with Gasteiger partial charge in [-0.2, -0.15) is 0 Å². The van der Waals surface area contributed by atoms with Crippen molar-refractivity contribution in [3.8, 4) is 0 Å². The molecule has 3 rings (SSSR count). The molecule has 0 amide bonds. The first-order valence-electron chi connectivity index (χ1n) is 7.12. The maximum Gasteiger partial charge on any atom is 0.215 e. The lowest BCUT2D eigenvalue weighted by Gasteiger charge is -2.21. The second-order valence-corrected chi connectivity index (χ2v) is 5.18. The van der Waals surface area contributed by atoms with E-state index >= 15 is 0 Å². The highest BCUT2D eigenvalue weighted by molar-refractivity contribution is 5.76. The third-order valence-electron chi connectivity index (χ3n) is 3.56. The maximum atomic E-state index is 5.79. The molecule has 1 heterocycles. The van der Waals surface area contributed by atoms with Crippen LogP contribution in [0.15, 0.2) is 46.9 Å². The minimum Gasteiger partial charge on any atom is -0.439 e. The van der Waals surface area contributed by atoms with E-state index in [9.17, 15) is 0 Å². The molecule has 0 atom stereocenters. The van der Waals surface area contributed by atoms with Crippen LogP contribution in [0, 0.1) is 6.92 Å². The van der Waals surface area contributed by atoms with Crippen molar-refractivity contribution in [1.82, 2.24) is 4.98 Å². The van der Waals surface area contributed by atoms with Crippen molar-refractivity contribution < 1.29 is 4.42 Å². The number of fused-ring (bicyclic) bond motifs is 1. The Balaban J connectivity index is 1.86. The summed E-state index contributed by atoms with van der Waals surface area (Å²) in [6, 6.07) is 14.0. The van der Waals surface area contributed by atoms with E-state index < -0.39 is 0 Å². The molecule has 2 N–H and O–H groups in total. The summed E-state index contributed by atoms with van der Waals surface area (Å²) in [6.07, 6.45) is 0. The zero-order chi connectivity index (χ0) is 14.8. The Labute approximate surface area is 124 Å². The van der Waals surface area contributed by atoms with Crippen molar-refractivity contribution in [3.63, 3.8) is 0 Å². The summed E-state index contributed by atoms with van der Waals surface area (Å²) in [5.74, 6) is 0.707. The van der Waals surface area contributed by atoms with E-state index in [2.05, 4.69) is 48.0 Å². The first kappa shape index (κ1) is 13.5. The van der Waals surface area contributed by atoms with Crippen LogP contribution in [-0.4, -0.2) is 11.5 Å². The molecule has 1 aromatic heterocycles. The summed E-state index contributed by atoms with van der Waals surface area (Å²) in [5, 5.41) is 0. The van der Waals surface area contributed by atoms with Crippen molar-refractivity contribution >= 4 is 22.5 Å². The molecule has 0 spiro atoms. The molecule has 0 saturated heterocycles. The molecule has 4 nitrogen and oxygen atoms in total. The van der Waals surface area contributed by atoms with Crippen molar-refractivity contribution in [2.75, 3.05) is 17.2 Å². The standard InChI is InChI=1S/C17H19N3O/c1-3-20(14-7-4-12(2)5-8-14)11-17-19-15-10-13(18)6-9-16(15)21-17/h4-10H,3,11,18H2,1-2H3. The zero-order valence-electron chi connectivity index (χ0n) is 12.3. The Hall–Kier alpha value is -2.49. The summed E-state index contributed by atoms with van der Waals surface area (Å²) in [5.41, 5.74) is 10.5. The monoisotopic (exact) mass is 281 g/mol. The largest absolute Gasteiger partial charge is 0.439 e.